The van der Waals surface area contributed by atoms with Crippen molar-refractivity contribution >= 4 is 5.69 Å². The number of hydrogen-bond acceptors (Lipinski definition) is 4. The fourth-order valence-electron chi connectivity index (χ4n) is 0.703. The number of pyridine rings is 1. The molecule has 1 aromatic rings. The number of nitriles is 1. The van der Waals surface area contributed by atoms with E-state index in [-0.39, 0.29) is 0 Å². The van der Waals surface area contributed by atoms with Gasteiger partial charge in [-0.25, -0.2) is 0 Å². The molecule has 0 saturated heterocycles. The molecule has 0 fully saturated rings. The Morgan fingerprint density at radius 2 is 2.36 bits per heavy atom. The van der Waals surface area contributed by atoms with Crippen LogP contribution in [0.25, 0.3) is 0 Å². The molecule has 0 spiro atoms. The molecular weight excluding hydrogens is 142 g/mol. The summed E-state index contributed by atoms with van der Waals surface area (Å²) in [5, 5.41) is 8.51. The van der Waals surface area contributed by atoms with Crippen molar-refractivity contribution in [3.05, 3.63) is 18.0 Å². The van der Waals surface area contributed by atoms with Crippen molar-refractivity contribution in [3.8, 4) is 11.8 Å². The zero-order valence-corrected chi connectivity index (χ0v) is 6.03. The molecule has 0 aromatic carbocycles. The summed E-state index contributed by atoms with van der Waals surface area (Å²) in [5.41, 5.74) is 6.19. The van der Waals surface area contributed by atoms with Crippen LogP contribution in [0.15, 0.2) is 12.4 Å². The molecule has 0 saturated carbocycles. The summed E-state index contributed by atoms with van der Waals surface area (Å²) >= 11 is 0. The van der Waals surface area contributed by atoms with Crippen LogP contribution in [0.2, 0.25) is 0 Å². The molecule has 1 aromatic heterocycles. The minimum Gasteiger partial charge on any atom is -0.493 e. The zero-order chi connectivity index (χ0) is 8.27. The van der Waals surface area contributed by atoms with Crippen LogP contribution in [0.5, 0.6) is 5.75 Å². The van der Waals surface area contributed by atoms with Gasteiger partial charge in [0.15, 0.2) is 5.75 Å². The molecule has 4 nitrogen and oxygen atoms in total. The topological polar surface area (TPSA) is 71.9 Å². The van der Waals surface area contributed by atoms with E-state index < -0.39 is 0 Å². The highest BCUT2D eigenvalue weighted by Crippen LogP contribution is 2.21. The predicted molar refractivity (Wildman–Crippen MR) is 39.9 cm³/mol. The van der Waals surface area contributed by atoms with Gasteiger partial charge in [0.05, 0.1) is 24.6 Å². The number of hydrogen-bond donors (Lipinski definition) is 1. The lowest BCUT2D eigenvalue weighted by Gasteiger charge is -2.02. The predicted octanol–water partition coefficient (Wildman–Crippen LogP) is 0.544. The molecule has 0 radical (unpaired) electrons. The molecule has 56 valence electrons. The lowest BCUT2D eigenvalue weighted by atomic mass is 10.2. The minimum absolute atomic E-state index is 0.337. The molecule has 0 bridgehead atoms. The van der Waals surface area contributed by atoms with Gasteiger partial charge in [0, 0.05) is 6.20 Å². The van der Waals surface area contributed by atoms with Gasteiger partial charge in [-0.05, 0) is 0 Å². The number of nitrogen functional groups attached to an aromatic ring is 1. The van der Waals surface area contributed by atoms with Gasteiger partial charge in [-0.1, -0.05) is 0 Å². The van der Waals surface area contributed by atoms with Gasteiger partial charge >= 0.3 is 0 Å². The lowest BCUT2D eigenvalue weighted by Crippen LogP contribution is -1.96. The van der Waals surface area contributed by atoms with Gasteiger partial charge in [0.1, 0.15) is 6.07 Å². The fraction of sp³-hybridized carbons (Fsp3) is 0.143. The largest absolute Gasteiger partial charge is 0.493 e. The van der Waals surface area contributed by atoms with Crippen molar-refractivity contribution in [3.63, 3.8) is 0 Å². The second-order valence-corrected chi connectivity index (χ2v) is 1.91. The monoisotopic (exact) mass is 149 g/mol. The highest BCUT2D eigenvalue weighted by atomic mass is 16.5. The standard InChI is InChI=1S/C7H7N3O/c1-11-6-4-10-3-5(2-8)7(6)9/h3-4H,1H3,(H2,9,10). The third-order valence-electron chi connectivity index (χ3n) is 1.29. The van der Waals surface area contributed by atoms with E-state index >= 15 is 0 Å². The second-order valence-electron chi connectivity index (χ2n) is 1.91. The lowest BCUT2D eigenvalue weighted by molar-refractivity contribution is 0.415. The van der Waals surface area contributed by atoms with E-state index in [0.717, 1.165) is 0 Å². The first-order chi connectivity index (χ1) is 5.29. The van der Waals surface area contributed by atoms with Gasteiger partial charge in [-0.15, -0.1) is 0 Å². The summed E-state index contributed by atoms with van der Waals surface area (Å²) in [7, 11) is 1.48. The molecule has 1 rings (SSSR count). The Morgan fingerprint density at radius 3 is 2.91 bits per heavy atom. The Kier molecular flexibility index (Phi) is 1.93. The summed E-state index contributed by atoms with van der Waals surface area (Å²) in [6, 6.07) is 1.90. The second kappa shape index (κ2) is 2.88. The number of anilines is 1. The average molecular weight is 149 g/mol. The maximum Gasteiger partial charge on any atom is 0.161 e. The summed E-state index contributed by atoms with van der Waals surface area (Å²) in [5.74, 6) is 0.434. The molecule has 0 aliphatic rings. The molecule has 11 heavy (non-hydrogen) atoms. The van der Waals surface area contributed by atoms with Crippen LogP contribution in [-0.4, -0.2) is 12.1 Å². The minimum atomic E-state index is 0.337. The number of nitrogens with zero attached hydrogens (tertiary/aromatic N) is 2. The van der Waals surface area contributed by atoms with E-state index in [1.165, 1.54) is 19.5 Å². The van der Waals surface area contributed by atoms with E-state index in [1.54, 1.807) is 0 Å². The van der Waals surface area contributed by atoms with Crippen molar-refractivity contribution < 1.29 is 4.74 Å². The van der Waals surface area contributed by atoms with Gasteiger partial charge in [-0.3, -0.25) is 4.98 Å². The van der Waals surface area contributed by atoms with Crippen molar-refractivity contribution in [1.82, 2.24) is 4.98 Å². The third-order valence-corrected chi connectivity index (χ3v) is 1.29. The van der Waals surface area contributed by atoms with Crippen LogP contribution >= 0.6 is 0 Å². The SMILES string of the molecule is COc1cncc(C#N)c1N. The quantitative estimate of drug-likeness (QED) is 0.632. The van der Waals surface area contributed by atoms with Crippen LogP contribution in [0.4, 0.5) is 5.69 Å². The van der Waals surface area contributed by atoms with E-state index in [2.05, 4.69) is 4.98 Å². The number of aromatic nitrogens is 1. The third kappa shape index (κ3) is 1.22. The molecule has 4 heteroatoms. The Balaban J connectivity index is 3.23. The normalized spacial score (nSPS) is 8.73. The van der Waals surface area contributed by atoms with E-state index in [9.17, 15) is 0 Å². The van der Waals surface area contributed by atoms with Crippen LogP contribution in [0.3, 0.4) is 0 Å². The first-order valence-corrected chi connectivity index (χ1v) is 2.97. The van der Waals surface area contributed by atoms with Crippen LogP contribution < -0.4 is 10.5 Å². The summed E-state index contributed by atoms with van der Waals surface area (Å²) in [6.45, 7) is 0. The molecule has 2 N–H and O–H groups in total. The van der Waals surface area contributed by atoms with E-state index in [1.807, 2.05) is 6.07 Å². The van der Waals surface area contributed by atoms with Crippen LogP contribution in [0, 0.1) is 11.3 Å². The van der Waals surface area contributed by atoms with Gasteiger partial charge in [0.25, 0.3) is 0 Å². The Morgan fingerprint density at radius 1 is 1.64 bits per heavy atom. The maximum absolute atomic E-state index is 8.51. The van der Waals surface area contributed by atoms with Gasteiger partial charge < -0.3 is 10.5 Å². The molecule has 1 heterocycles. The highest BCUT2D eigenvalue weighted by Gasteiger charge is 2.03. The summed E-state index contributed by atoms with van der Waals surface area (Å²) in [4.78, 5) is 3.76. The Hall–Kier alpha value is -1.76. The number of nitrogens with two attached hydrogens (primary N) is 1. The van der Waals surface area contributed by atoms with Gasteiger partial charge in [0.2, 0.25) is 0 Å². The first-order valence-electron chi connectivity index (χ1n) is 2.97. The highest BCUT2D eigenvalue weighted by molar-refractivity contribution is 5.61. The van der Waals surface area contributed by atoms with E-state index in [0.29, 0.717) is 17.0 Å². The molecule has 0 aliphatic carbocycles. The first kappa shape index (κ1) is 7.35. The fourth-order valence-corrected chi connectivity index (χ4v) is 0.703. The zero-order valence-electron chi connectivity index (χ0n) is 6.03. The molecule has 0 unspecified atom stereocenters. The van der Waals surface area contributed by atoms with Crippen molar-refractivity contribution in [2.24, 2.45) is 0 Å². The van der Waals surface area contributed by atoms with Crippen molar-refractivity contribution in [2.75, 3.05) is 12.8 Å². The Bertz CT molecular complexity index is 303. The molecule has 0 atom stereocenters. The smallest absolute Gasteiger partial charge is 0.161 e. The van der Waals surface area contributed by atoms with Gasteiger partial charge in [-0.2, -0.15) is 5.26 Å². The molecule has 0 aliphatic heterocycles. The summed E-state index contributed by atoms with van der Waals surface area (Å²) < 4.78 is 4.85. The van der Waals surface area contributed by atoms with E-state index in [4.69, 9.17) is 15.7 Å². The Labute approximate surface area is 64.2 Å². The average Bonchev–Trinajstić information content (AvgIpc) is 2.05. The van der Waals surface area contributed by atoms with Crippen LogP contribution in [-0.2, 0) is 0 Å². The molecule has 0 amide bonds. The number of methoxy groups -OCH3 is 1. The molecular formula is C7H7N3O. The van der Waals surface area contributed by atoms with Crippen molar-refractivity contribution in [2.45, 2.75) is 0 Å². The number of ether oxygens (including phenoxy) is 1. The summed E-state index contributed by atoms with van der Waals surface area (Å²) in [6.07, 6.45) is 2.87. The van der Waals surface area contributed by atoms with Crippen LogP contribution in [0.1, 0.15) is 5.56 Å². The van der Waals surface area contributed by atoms with Crippen molar-refractivity contribution in [1.29, 1.82) is 5.26 Å². The number of rotatable bonds is 1. The maximum atomic E-state index is 8.51.